The van der Waals surface area contributed by atoms with Crippen LogP contribution in [0.4, 0.5) is 0 Å². The van der Waals surface area contributed by atoms with Gasteiger partial charge in [0.25, 0.3) is 0 Å². The molecule has 2 unspecified atom stereocenters. The molecule has 42 heavy (non-hydrogen) atoms. The van der Waals surface area contributed by atoms with Crippen LogP contribution in [0.15, 0.2) is 97.1 Å². The highest BCUT2D eigenvalue weighted by molar-refractivity contribution is 5.88. The molecule has 0 saturated carbocycles. The minimum atomic E-state index is -0.278. The van der Waals surface area contributed by atoms with Gasteiger partial charge in [-0.3, -0.25) is 0 Å². The van der Waals surface area contributed by atoms with Crippen LogP contribution in [0.25, 0.3) is 11.1 Å². The average molecular weight is 555 g/mol. The lowest BCUT2D eigenvalue weighted by Gasteiger charge is -2.51. The molecule has 2 atom stereocenters. The number of unbranched alkanes of at least 4 members (excludes halogenated alkanes) is 2. The van der Waals surface area contributed by atoms with E-state index in [1.54, 1.807) is 11.1 Å². The van der Waals surface area contributed by atoms with Crippen LogP contribution in [0.2, 0.25) is 0 Å². The maximum absolute atomic E-state index is 2.54. The van der Waals surface area contributed by atoms with Gasteiger partial charge in [-0.25, -0.2) is 0 Å². The van der Waals surface area contributed by atoms with Crippen molar-refractivity contribution in [3.8, 4) is 11.1 Å². The Hall–Kier alpha value is -3.12. The standard InChI is InChI=1S/C42H50/c1-5-9-19-31(7-3)29-41(30-32(8-4)20-10-6-2)37-25-15-17-27-39(37)42(40-28-18-16-26-38(40)41)35-23-13-11-21-33(35)34-22-12-14-24-36(34)42/h11-18,21-28,31-32H,5-10,19-20,29-30H2,1-4H3. The van der Waals surface area contributed by atoms with E-state index in [0.29, 0.717) is 0 Å². The molecule has 0 radical (unpaired) electrons. The summed E-state index contributed by atoms with van der Waals surface area (Å²) in [5.41, 5.74) is 11.7. The fraction of sp³-hybridized carbons (Fsp3) is 0.429. The Kier molecular flexibility index (Phi) is 8.44. The predicted octanol–water partition coefficient (Wildman–Crippen LogP) is 11.9. The van der Waals surface area contributed by atoms with Gasteiger partial charge in [-0.05, 0) is 69.2 Å². The molecule has 0 aliphatic heterocycles. The van der Waals surface area contributed by atoms with Crippen molar-refractivity contribution in [1.29, 1.82) is 0 Å². The summed E-state index contributed by atoms with van der Waals surface area (Å²) in [6, 6.07) is 37.9. The first-order chi connectivity index (χ1) is 20.6. The second-order valence-corrected chi connectivity index (χ2v) is 13.3. The fourth-order valence-electron chi connectivity index (χ4n) is 8.96. The summed E-state index contributed by atoms with van der Waals surface area (Å²) >= 11 is 0. The van der Waals surface area contributed by atoms with E-state index in [1.165, 1.54) is 97.6 Å². The largest absolute Gasteiger partial charge is 0.0719 e. The van der Waals surface area contributed by atoms with E-state index in [0.717, 1.165) is 11.8 Å². The molecule has 4 aromatic rings. The van der Waals surface area contributed by atoms with Gasteiger partial charge >= 0.3 is 0 Å². The molecule has 4 aromatic carbocycles. The first kappa shape index (κ1) is 29.0. The molecule has 6 rings (SSSR count). The Balaban J connectivity index is 1.67. The zero-order chi connectivity index (χ0) is 29.2. The van der Waals surface area contributed by atoms with Gasteiger partial charge < -0.3 is 0 Å². The highest BCUT2D eigenvalue weighted by Crippen LogP contribution is 2.64. The SMILES string of the molecule is CCCCC(CC)CC1(CC(CC)CCCC)c2ccccc2C2(c3ccccc3-c3ccccc32)c2ccccc21. The zero-order valence-corrected chi connectivity index (χ0v) is 26.5. The molecule has 218 valence electrons. The normalized spacial score (nSPS) is 16.8. The Morgan fingerprint density at radius 1 is 0.452 bits per heavy atom. The second-order valence-electron chi connectivity index (χ2n) is 13.3. The molecule has 0 amide bonds. The van der Waals surface area contributed by atoms with Crippen LogP contribution < -0.4 is 0 Å². The zero-order valence-electron chi connectivity index (χ0n) is 26.5. The van der Waals surface area contributed by atoms with Gasteiger partial charge in [0.2, 0.25) is 0 Å². The summed E-state index contributed by atoms with van der Waals surface area (Å²) in [4.78, 5) is 0. The van der Waals surface area contributed by atoms with Gasteiger partial charge in [-0.15, -0.1) is 0 Å². The van der Waals surface area contributed by atoms with Crippen LogP contribution >= 0.6 is 0 Å². The van der Waals surface area contributed by atoms with Gasteiger partial charge in [-0.1, -0.05) is 176 Å². The highest BCUT2D eigenvalue weighted by Gasteiger charge is 2.55. The molecular weight excluding hydrogens is 504 g/mol. The predicted molar refractivity (Wildman–Crippen MR) is 180 cm³/mol. The lowest BCUT2D eigenvalue weighted by atomic mass is 9.51. The topological polar surface area (TPSA) is 0 Å². The highest BCUT2D eigenvalue weighted by atomic mass is 14.6. The quantitative estimate of drug-likeness (QED) is 0.144. The van der Waals surface area contributed by atoms with Crippen LogP contribution in [-0.4, -0.2) is 0 Å². The third-order valence-electron chi connectivity index (χ3n) is 11.0. The first-order valence-corrected chi connectivity index (χ1v) is 17.0. The molecule has 0 N–H and O–H groups in total. The van der Waals surface area contributed by atoms with E-state index in [1.807, 2.05) is 0 Å². The monoisotopic (exact) mass is 554 g/mol. The summed E-state index contributed by atoms with van der Waals surface area (Å²) in [7, 11) is 0. The molecule has 0 heterocycles. The molecule has 2 aliphatic rings. The van der Waals surface area contributed by atoms with Crippen LogP contribution in [0, 0.1) is 11.8 Å². The molecule has 2 aliphatic carbocycles. The van der Waals surface area contributed by atoms with Crippen molar-refractivity contribution in [3.63, 3.8) is 0 Å². The summed E-state index contributed by atoms with van der Waals surface area (Å²) in [6.45, 7) is 9.58. The van der Waals surface area contributed by atoms with E-state index < -0.39 is 0 Å². The van der Waals surface area contributed by atoms with Gasteiger partial charge in [-0.2, -0.15) is 0 Å². The van der Waals surface area contributed by atoms with Crippen molar-refractivity contribution in [3.05, 3.63) is 130 Å². The molecule has 0 bridgehead atoms. The number of benzene rings is 4. The molecule has 0 saturated heterocycles. The smallest absolute Gasteiger partial charge is 0.0654 e. The van der Waals surface area contributed by atoms with Crippen LogP contribution in [0.1, 0.15) is 125 Å². The van der Waals surface area contributed by atoms with Crippen LogP contribution in [0.3, 0.4) is 0 Å². The third-order valence-corrected chi connectivity index (χ3v) is 11.0. The van der Waals surface area contributed by atoms with Gasteiger partial charge in [0.15, 0.2) is 0 Å². The molecular formula is C42H50. The van der Waals surface area contributed by atoms with Crippen molar-refractivity contribution in [2.24, 2.45) is 11.8 Å². The summed E-state index contributed by atoms with van der Waals surface area (Å²) in [5, 5.41) is 0. The van der Waals surface area contributed by atoms with E-state index in [-0.39, 0.29) is 10.8 Å². The Morgan fingerprint density at radius 2 is 0.810 bits per heavy atom. The lowest BCUT2D eigenvalue weighted by molar-refractivity contribution is 0.254. The molecule has 0 nitrogen and oxygen atoms in total. The third kappa shape index (κ3) is 4.49. The van der Waals surface area contributed by atoms with Crippen molar-refractivity contribution < 1.29 is 0 Å². The Morgan fingerprint density at radius 3 is 1.19 bits per heavy atom. The van der Waals surface area contributed by atoms with E-state index >= 15 is 0 Å². The molecule has 0 fully saturated rings. The summed E-state index contributed by atoms with van der Waals surface area (Å²) < 4.78 is 0. The minimum absolute atomic E-state index is 0.0216. The van der Waals surface area contributed by atoms with Gasteiger partial charge in [0, 0.05) is 5.41 Å². The van der Waals surface area contributed by atoms with Crippen LogP contribution in [-0.2, 0) is 10.8 Å². The van der Waals surface area contributed by atoms with E-state index in [2.05, 4.69) is 125 Å². The Labute approximate surface area is 255 Å². The summed E-state index contributed by atoms with van der Waals surface area (Å²) in [5.74, 6) is 1.46. The maximum atomic E-state index is 2.54. The molecule has 0 heteroatoms. The number of hydrogen-bond acceptors (Lipinski definition) is 0. The fourth-order valence-corrected chi connectivity index (χ4v) is 8.96. The van der Waals surface area contributed by atoms with Crippen molar-refractivity contribution in [2.45, 2.75) is 103 Å². The molecule has 1 spiro atoms. The maximum Gasteiger partial charge on any atom is 0.0719 e. The van der Waals surface area contributed by atoms with E-state index in [4.69, 9.17) is 0 Å². The lowest BCUT2D eigenvalue weighted by Crippen LogP contribution is -2.45. The van der Waals surface area contributed by atoms with Crippen molar-refractivity contribution in [1.82, 2.24) is 0 Å². The number of rotatable bonds is 12. The van der Waals surface area contributed by atoms with Crippen molar-refractivity contribution >= 4 is 0 Å². The van der Waals surface area contributed by atoms with E-state index in [9.17, 15) is 0 Å². The van der Waals surface area contributed by atoms with Gasteiger partial charge in [0.1, 0.15) is 0 Å². The number of fused-ring (bicyclic) bond motifs is 9. The van der Waals surface area contributed by atoms with Crippen molar-refractivity contribution in [2.75, 3.05) is 0 Å². The molecule has 0 aromatic heterocycles. The first-order valence-electron chi connectivity index (χ1n) is 17.0. The summed E-state index contributed by atoms with van der Waals surface area (Å²) in [6.07, 6.45) is 12.9. The second kappa shape index (κ2) is 12.2. The Bertz CT molecular complexity index is 1390. The average Bonchev–Trinajstić information content (AvgIpc) is 3.34. The van der Waals surface area contributed by atoms with Gasteiger partial charge in [0.05, 0.1) is 5.41 Å². The van der Waals surface area contributed by atoms with Crippen LogP contribution in [0.5, 0.6) is 0 Å². The number of hydrogen-bond donors (Lipinski definition) is 0. The minimum Gasteiger partial charge on any atom is -0.0654 e.